The molecule has 0 amide bonds. The van der Waals surface area contributed by atoms with E-state index in [-0.39, 0.29) is 17.2 Å². The van der Waals surface area contributed by atoms with Crippen LogP contribution in [0.5, 0.6) is 0 Å². The first kappa shape index (κ1) is 16.2. The second-order valence-electron chi connectivity index (χ2n) is 6.85. The highest BCUT2D eigenvalue weighted by molar-refractivity contribution is 6.04. The Labute approximate surface area is 117 Å². The summed E-state index contributed by atoms with van der Waals surface area (Å²) in [5, 5.41) is 0. The van der Waals surface area contributed by atoms with E-state index < -0.39 is 5.41 Å². The van der Waals surface area contributed by atoms with Crippen LogP contribution in [0.4, 0.5) is 0 Å². The van der Waals surface area contributed by atoms with Gasteiger partial charge in [0.15, 0.2) is 0 Å². The van der Waals surface area contributed by atoms with Gasteiger partial charge in [-0.25, -0.2) is 0 Å². The van der Waals surface area contributed by atoms with E-state index >= 15 is 0 Å². The van der Waals surface area contributed by atoms with Gasteiger partial charge in [0.25, 0.3) is 0 Å². The van der Waals surface area contributed by atoms with Gasteiger partial charge < -0.3 is 4.74 Å². The number of carbonyl (C=O) groups is 2. The zero-order valence-corrected chi connectivity index (χ0v) is 12.9. The van der Waals surface area contributed by atoms with Gasteiger partial charge in [-0.05, 0) is 38.0 Å². The first-order valence-electron chi connectivity index (χ1n) is 7.52. The first-order valence-corrected chi connectivity index (χ1v) is 7.52. The van der Waals surface area contributed by atoms with E-state index in [0.29, 0.717) is 25.9 Å². The molecule has 0 aromatic rings. The molecule has 1 aliphatic carbocycles. The van der Waals surface area contributed by atoms with Crippen molar-refractivity contribution in [3.63, 3.8) is 0 Å². The Balaban J connectivity index is 2.74. The van der Waals surface area contributed by atoms with Gasteiger partial charge in [0.1, 0.15) is 11.2 Å². The van der Waals surface area contributed by atoms with Crippen LogP contribution >= 0.6 is 0 Å². The first-order chi connectivity index (χ1) is 8.82. The van der Waals surface area contributed by atoms with Gasteiger partial charge >= 0.3 is 5.97 Å². The van der Waals surface area contributed by atoms with Gasteiger partial charge in [-0.2, -0.15) is 0 Å². The molecular formula is C16H28O3. The van der Waals surface area contributed by atoms with Crippen LogP contribution in [0.1, 0.15) is 72.6 Å². The van der Waals surface area contributed by atoms with Crippen LogP contribution in [-0.2, 0) is 14.3 Å². The molecule has 19 heavy (non-hydrogen) atoms. The fourth-order valence-electron chi connectivity index (χ4n) is 2.86. The quantitative estimate of drug-likeness (QED) is 0.561. The lowest BCUT2D eigenvalue weighted by Crippen LogP contribution is -2.43. The Kier molecular flexibility index (Phi) is 5.57. The number of hydrogen-bond donors (Lipinski definition) is 0. The third kappa shape index (κ3) is 4.32. The van der Waals surface area contributed by atoms with Crippen molar-refractivity contribution in [1.82, 2.24) is 0 Å². The van der Waals surface area contributed by atoms with Crippen molar-refractivity contribution in [3.8, 4) is 0 Å². The smallest absolute Gasteiger partial charge is 0.319 e. The molecule has 0 aliphatic heterocycles. The molecule has 1 fully saturated rings. The van der Waals surface area contributed by atoms with Crippen LogP contribution in [0.25, 0.3) is 0 Å². The Bertz CT molecular complexity index is 327. The van der Waals surface area contributed by atoms with Crippen LogP contribution < -0.4 is 0 Å². The van der Waals surface area contributed by atoms with Crippen molar-refractivity contribution in [2.24, 2.45) is 10.8 Å². The number of ketones is 1. The Morgan fingerprint density at radius 1 is 1.32 bits per heavy atom. The molecule has 0 bridgehead atoms. The molecule has 0 radical (unpaired) electrons. The third-order valence-corrected chi connectivity index (χ3v) is 3.99. The summed E-state index contributed by atoms with van der Waals surface area (Å²) in [6, 6.07) is 0. The molecule has 0 heterocycles. The molecule has 0 aromatic carbocycles. The largest absolute Gasteiger partial charge is 0.465 e. The lowest BCUT2D eigenvalue weighted by atomic mass is 9.69. The zero-order valence-electron chi connectivity index (χ0n) is 12.9. The fourth-order valence-corrected chi connectivity index (χ4v) is 2.86. The minimum absolute atomic E-state index is 0.103. The van der Waals surface area contributed by atoms with Gasteiger partial charge in [0.2, 0.25) is 0 Å². The lowest BCUT2D eigenvalue weighted by molar-refractivity contribution is -0.163. The number of Topliss-reactive ketones (excluding diaryl/α,β-unsaturated/α-hetero) is 1. The molecule has 0 N–H and O–H groups in total. The van der Waals surface area contributed by atoms with E-state index in [1.54, 1.807) is 6.92 Å². The molecule has 3 heteroatoms. The molecule has 3 nitrogen and oxygen atoms in total. The van der Waals surface area contributed by atoms with E-state index in [1.807, 2.05) is 0 Å². The molecule has 0 aromatic heterocycles. The van der Waals surface area contributed by atoms with Gasteiger partial charge in [-0.3, -0.25) is 9.59 Å². The van der Waals surface area contributed by atoms with Gasteiger partial charge in [-0.1, -0.05) is 33.6 Å². The maximum Gasteiger partial charge on any atom is 0.319 e. The number of hydrogen-bond acceptors (Lipinski definition) is 3. The maximum atomic E-state index is 12.3. The van der Waals surface area contributed by atoms with Crippen LogP contribution in [0.2, 0.25) is 0 Å². The fraction of sp³-hybridized carbons (Fsp3) is 0.875. The summed E-state index contributed by atoms with van der Waals surface area (Å²) in [4.78, 5) is 24.5. The zero-order chi connectivity index (χ0) is 14.5. The van der Waals surface area contributed by atoms with Gasteiger partial charge in [0, 0.05) is 6.42 Å². The molecule has 110 valence electrons. The Morgan fingerprint density at radius 3 is 2.53 bits per heavy atom. The van der Waals surface area contributed by atoms with Crippen LogP contribution in [0.3, 0.4) is 0 Å². The van der Waals surface area contributed by atoms with Crippen molar-refractivity contribution >= 4 is 11.8 Å². The average molecular weight is 268 g/mol. The average Bonchev–Trinajstić information content (AvgIpc) is 2.30. The second kappa shape index (κ2) is 6.53. The molecular weight excluding hydrogens is 240 g/mol. The lowest BCUT2D eigenvalue weighted by Gasteiger charge is -2.34. The summed E-state index contributed by atoms with van der Waals surface area (Å²) in [5.74, 6) is -0.181. The SMILES string of the molecule is CCOC(=O)C1(CCCC(C)(C)C)CCCCC1=O. The minimum atomic E-state index is -0.834. The summed E-state index contributed by atoms with van der Waals surface area (Å²) in [7, 11) is 0. The van der Waals surface area contributed by atoms with Crippen LogP contribution in [0, 0.1) is 10.8 Å². The molecule has 1 aliphatic rings. The molecule has 1 rings (SSSR count). The molecule has 1 unspecified atom stereocenters. The summed E-state index contributed by atoms with van der Waals surface area (Å²) < 4.78 is 5.18. The van der Waals surface area contributed by atoms with Crippen molar-refractivity contribution in [2.75, 3.05) is 6.61 Å². The summed E-state index contributed by atoms with van der Waals surface area (Å²) in [6.45, 7) is 8.72. The van der Waals surface area contributed by atoms with Crippen molar-refractivity contribution in [3.05, 3.63) is 0 Å². The number of carbonyl (C=O) groups excluding carboxylic acids is 2. The summed E-state index contributed by atoms with van der Waals surface area (Å²) in [5.41, 5.74) is -0.590. The van der Waals surface area contributed by atoms with Gasteiger partial charge in [0.05, 0.1) is 6.61 Å². The summed E-state index contributed by atoms with van der Waals surface area (Å²) in [6.07, 6.45) is 5.68. The van der Waals surface area contributed by atoms with E-state index in [9.17, 15) is 9.59 Å². The number of rotatable bonds is 5. The van der Waals surface area contributed by atoms with Crippen molar-refractivity contribution < 1.29 is 14.3 Å². The highest BCUT2D eigenvalue weighted by Gasteiger charge is 2.47. The minimum Gasteiger partial charge on any atom is -0.465 e. The molecule has 1 saturated carbocycles. The predicted molar refractivity (Wildman–Crippen MR) is 75.8 cm³/mol. The van der Waals surface area contributed by atoms with E-state index in [4.69, 9.17) is 4.74 Å². The van der Waals surface area contributed by atoms with Crippen molar-refractivity contribution in [1.29, 1.82) is 0 Å². The topological polar surface area (TPSA) is 43.4 Å². The van der Waals surface area contributed by atoms with E-state index in [0.717, 1.165) is 25.7 Å². The maximum absolute atomic E-state index is 12.3. The predicted octanol–water partition coefficient (Wildman–Crippen LogP) is 3.90. The molecule has 1 atom stereocenters. The van der Waals surface area contributed by atoms with Gasteiger partial charge in [-0.15, -0.1) is 0 Å². The highest BCUT2D eigenvalue weighted by Crippen LogP contribution is 2.40. The Hall–Kier alpha value is -0.860. The normalized spacial score (nSPS) is 24.3. The van der Waals surface area contributed by atoms with Crippen LogP contribution in [0.15, 0.2) is 0 Å². The molecule has 0 saturated heterocycles. The van der Waals surface area contributed by atoms with E-state index in [1.165, 1.54) is 0 Å². The number of esters is 1. The monoisotopic (exact) mass is 268 g/mol. The van der Waals surface area contributed by atoms with E-state index in [2.05, 4.69) is 20.8 Å². The number of ether oxygens (including phenoxy) is 1. The van der Waals surface area contributed by atoms with Crippen LogP contribution in [-0.4, -0.2) is 18.4 Å². The third-order valence-electron chi connectivity index (χ3n) is 3.99. The second-order valence-corrected chi connectivity index (χ2v) is 6.85. The molecule has 0 spiro atoms. The van der Waals surface area contributed by atoms with Crippen molar-refractivity contribution in [2.45, 2.75) is 72.6 Å². The summed E-state index contributed by atoms with van der Waals surface area (Å²) >= 11 is 0. The Morgan fingerprint density at radius 2 is 2.00 bits per heavy atom. The highest BCUT2D eigenvalue weighted by atomic mass is 16.5. The standard InChI is InChI=1S/C16H28O3/c1-5-19-14(18)16(11-7-6-9-13(16)17)12-8-10-15(2,3)4/h5-12H2,1-4H3.